The molecule has 7 heteroatoms. The van der Waals surface area contributed by atoms with Crippen LogP contribution in [0.25, 0.3) is 16.6 Å². The molecule has 0 unspecified atom stereocenters. The SMILES string of the molecule is CCNc1nc(=O)c(-c2cccc(C)c2)c2cc(C(F)(F)F)ccn12. The lowest BCUT2D eigenvalue weighted by Crippen LogP contribution is -2.19. The van der Waals surface area contributed by atoms with E-state index in [0.717, 1.165) is 17.7 Å². The molecule has 0 radical (unpaired) electrons. The van der Waals surface area contributed by atoms with E-state index in [1.165, 1.54) is 10.6 Å². The van der Waals surface area contributed by atoms with Gasteiger partial charge in [0.05, 0.1) is 16.6 Å². The zero-order valence-electron chi connectivity index (χ0n) is 13.7. The standard InChI is InChI=1S/C18H16F3N3O/c1-3-22-17-23-16(25)15(12-6-4-5-11(2)9-12)14-10-13(18(19,20)21)7-8-24(14)17/h4-10H,3H2,1-2H3,(H,22,23,25). The summed E-state index contributed by atoms with van der Waals surface area (Å²) in [7, 11) is 0. The van der Waals surface area contributed by atoms with Gasteiger partial charge < -0.3 is 5.32 Å². The summed E-state index contributed by atoms with van der Waals surface area (Å²) in [6.07, 6.45) is -3.22. The third-order valence-corrected chi connectivity index (χ3v) is 3.83. The topological polar surface area (TPSA) is 46.4 Å². The Kier molecular flexibility index (Phi) is 4.24. The summed E-state index contributed by atoms with van der Waals surface area (Å²) in [5.74, 6) is 0.215. The first-order chi connectivity index (χ1) is 11.8. The van der Waals surface area contributed by atoms with Crippen molar-refractivity contribution in [1.82, 2.24) is 9.38 Å². The zero-order chi connectivity index (χ0) is 18.2. The van der Waals surface area contributed by atoms with Gasteiger partial charge >= 0.3 is 6.18 Å². The number of fused-ring (bicyclic) bond motifs is 1. The number of benzene rings is 1. The molecule has 2 heterocycles. The van der Waals surface area contributed by atoms with Crippen LogP contribution < -0.4 is 10.9 Å². The fraction of sp³-hybridized carbons (Fsp3) is 0.222. The molecule has 0 amide bonds. The number of aromatic nitrogens is 2. The van der Waals surface area contributed by atoms with Crippen molar-refractivity contribution in [2.45, 2.75) is 20.0 Å². The Labute approximate surface area is 142 Å². The van der Waals surface area contributed by atoms with Crippen LogP contribution in [0.3, 0.4) is 0 Å². The maximum atomic E-state index is 13.1. The number of hydrogen-bond donors (Lipinski definition) is 1. The molecule has 4 nitrogen and oxygen atoms in total. The van der Waals surface area contributed by atoms with E-state index < -0.39 is 17.3 Å². The van der Waals surface area contributed by atoms with Crippen LogP contribution in [0.2, 0.25) is 0 Å². The monoisotopic (exact) mass is 347 g/mol. The fourth-order valence-corrected chi connectivity index (χ4v) is 2.72. The molecule has 3 aromatic rings. The van der Waals surface area contributed by atoms with Gasteiger partial charge in [-0.25, -0.2) is 0 Å². The molecule has 0 atom stereocenters. The number of pyridine rings is 1. The molecule has 3 rings (SSSR count). The Morgan fingerprint density at radius 1 is 1.20 bits per heavy atom. The van der Waals surface area contributed by atoms with Gasteiger partial charge in [0, 0.05) is 12.7 Å². The smallest absolute Gasteiger partial charge is 0.356 e. The van der Waals surface area contributed by atoms with Crippen LogP contribution in [0.5, 0.6) is 0 Å². The van der Waals surface area contributed by atoms with E-state index >= 15 is 0 Å². The maximum Gasteiger partial charge on any atom is 0.416 e. The van der Waals surface area contributed by atoms with Crippen LogP contribution >= 0.6 is 0 Å². The quantitative estimate of drug-likeness (QED) is 0.775. The van der Waals surface area contributed by atoms with Crippen molar-refractivity contribution in [2.24, 2.45) is 0 Å². The van der Waals surface area contributed by atoms with Gasteiger partial charge in [0.1, 0.15) is 0 Å². The zero-order valence-corrected chi connectivity index (χ0v) is 13.7. The first kappa shape index (κ1) is 17.0. The van der Waals surface area contributed by atoms with E-state index in [1.54, 1.807) is 18.2 Å². The lowest BCUT2D eigenvalue weighted by molar-refractivity contribution is -0.137. The average molecular weight is 347 g/mol. The minimum Gasteiger partial charge on any atom is -0.356 e. The normalized spacial score (nSPS) is 11.7. The molecule has 25 heavy (non-hydrogen) atoms. The number of aryl methyl sites for hydroxylation is 1. The molecular weight excluding hydrogens is 331 g/mol. The van der Waals surface area contributed by atoms with E-state index in [2.05, 4.69) is 10.3 Å². The van der Waals surface area contributed by atoms with Crippen molar-refractivity contribution in [3.05, 3.63) is 64.1 Å². The second-order valence-electron chi connectivity index (χ2n) is 5.68. The number of anilines is 1. The lowest BCUT2D eigenvalue weighted by Gasteiger charge is -2.15. The van der Waals surface area contributed by atoms with Crippen LogP contribution in [0.1, 0.15) is 18.1 Å². The van der Waals surface area contributed by atoms with Gasteiger partial charge in [0.25, 0.3) is 5.56 Å². The van der Waals surface area contributed by atoms with E-state index in [1.807, 2.05) is 19.9 Å². The van der Waals surface area contributed by atoms with E-state index in [-0.39, 0.29) is 17.0 Å². The van der Waals surface area contributed by atoms with Crippen LogP contribution in [-0.2, 0) is 6.18 Å². The van der Waals surface area contributed by atoms with Gasteiger partial charge in [-0.05, 0) is 31.5 Å². The van der Waals surface area contributed by atoms with Crippen LogP contribution in [0, 0.1) is 6.92 Å². The van der Waals surface area contributed by atoms with Gasteiger partial charge in [-0.2, -0.15) is 18.2 Å². The third-order valence-electron chi connectivity index (χ3n) is 3.83. The van der Waals surface area contributed by atoms with Crippen LogP contribution in [0.15, 0.2) is 47.4 Å². The average Bonchev–Trinajstić information content (AvgIpc) is 2.54. The Morgan fingerprint density at radius 2 is 1.96 bits per heavy atom. The van der Waals surface area contributed by atoms with Gasteiger partial charge in [-0.3, -0.25) is 9.20 Å². The predicted octanol–water partition coefficient (Wildman–Crippen LogP) is 4.12. The summed E-state index contributed by atoms with van der Waals surface area (Å²) >= 11 is 0. The Hall–Kier alpha value is -2.83. The molecular formula is C18H16F3N3O. The summed E-state index contributed by atoms with van der Waals surface area (Å²) in [4.78, 5) is 16.6. The van der Waals surface area contributed by atoms with Crippen LogP contribution in [-0.4, -0.2) is 15.9 Å². The van der Waals surface area contributed by atoms with Gasteiger partial charge in [-0.15, -0.1) is 0 Å². The second-order valence-corrected chi connectivity index (χ2v) is 5.68. The molecule has 0 spiro atoms. The highest BCUT2D eigenvalue weighted by Crippen LogP contribution is 2.32. The Morgan fingerprint density at radius 3 is 2.60 bits per heavy atom. The molecule has 0 saturated carbocycles. The highest BCUT2D eigenvalue weighted by Gasteiger charge is 2.31. The third kappa shape index (κ3) is 3.22. The lowest BCUT2D eigenvalue weighted by atomic mass is 10.0. The molecule has 0 bridgehead atoms. The Bertz CT molecular complexity index is 993. The van der Waals surface area contributed by atoms with Crippen molar-refractivity contribution in [2.75, 3.05) is 11.9 Å². The largest absolute Gasteiger partial charge is 0.416 e. The molecule has 2 aromatic heterocycles. The summed E-state index contributed by atoms with van der Waals surface area (Å²) in [6, 6.07) is 9.02. The highest BCUT2D eigenvalue weighted by atomic mass is 19.4. The summed E-state index contributed by atoms with van der Waals surface area (Å²) in [5, 5.41) is 2.91. The Balaban J connectivity index is 2.40. The van der Waals surface area contributed by atoms with Crippen molar-refractivity contribution < 1.29 is 13.2 Å². The molecule has 0 aliphatic heterocycles. The van der Waals surface area contributed by atoms with Gasteiger partial charge in [0.15, 0.2) is 0 Å². The summed E-state index contributed by atoms with van der Waals surface area (Å²) in [5.41, 5.74) is 0.373. The fourth-order valence-electron chi connectivity index (χ4n) is 2.72. The van der Waals surface area contributed by atoms with Crippen molar-refractivity contribution in [3.8, 4) is 11.1 Å². The summed E-state index contributed by atoms with van der Waals surface area (Å²) < 4.78 is 40.9. The maximum absolute atomic E-state index is 13.1. The molecule has 1 N–H and O–H groups in total. The molecule has 0 aliphatic carbocycles. The van der Waals surface area contributed by atoms with E-state index in [4.69, 9.17) is 0 Å². The number of hydrogen-bond acceptors (Lipinski definition) is 3. The van der Waals surface area contributed by atoms with E-state index in [9.17, 15) is 18.0 Å². The molecule has 0 aliphatic rings. The minimum absolute atomic E-state index is 0.149. The molecule has 0 saturated heterocycles. The van der Waals surface area contributed by atoms with Gasteiger partial charge in [-0.1, -0.05) is 29.8 Å². The first-order valence-corrected chi connectivity index (χ1v) is 7.76. The molecule has 0 fully saturated rings. The van der Waals surface area contributed by atoms with Crippen molar-refractivity contribution in [1.29, 1.82) is 0 Å². The molecule has 1 aromatic carbocycles. The van der Waals surface area contributed by atoms with Crippen molar-refractivity contribution >= 4 is 11.5 Å². The number of nitrogens with zero attached hydrogens (tertiary/aromatic N) is 2. The number of halogens is 3. The van der Waals surface area contributed by atoms with Crippen molar-refractivity contribution in [3.63, 3.8) is 0 Å². The van der Waals surface area contributed by atoms with Gasteiger partial charge in [0.2, 0.25) is 5.95 Å². The number of rotatable bonds is 3. The molecule has 130 valence electrons. The number of nitrogens with one attached hydrogen (secondary N) is 1. The van der Waals surface area contributed by atoms with E-state index in [0.29, 0.717) is 12.1 Å². The van der Waals surface area contributed by atoms with Crippen LogP contribution in [0.4, 0.5) is 19.1 Å². The summed E-state index contributed by atoms with van der Waals surface area (Å²) in [6.45, 7) is 4.15. The predicted molar refractivity (Wildman–Crippen MR) is 90.8 cm³/mol. The minimum atomic E-state index is -4.50. The first-order valence-electron chi connectivity index (χ1n) is 7.76. The second kappa shape index (κ2) is 6.23. The highest BCUT2D eigenvalue weighted by molar-refractivity contribution is 5.81. The number of alkyl halides is 3.